The fourth-order valence-corrected chi connectivity index (χ4v) is 2.13. The highest BCUT2D eigenvalue weighted by Gasteiger charge is 2.31. The Balaban J connectivity index is 5.03. The second-order valence-corrected chi connectivity index (χ2v) is 6.05. The van der Waals surface area contributed by atoms with Crippen LogP contribution in [0.3, 0.4) is 0 Å². The second kappa shape index (κ2) is 8.21. The molecule has 0 radical (unpaired) electrons. The standard InChI is InChI=1S/C14H29N3O3/c1-9(2)11(14(20)16(5)6)15-13(19)12(10(3)4)17(7)8-18/h9-12,18H,8H2,1-7H3,(H,15,19)/t11-,12-/m0/s1. The van der Waals surface area contributed by atoms with Gasteiger partial charge in [0.1, 0.15) is 6.04 Å². The minimum Gasteiger partial charge on any atom is -0.381 e. The lowest BCUT2D eigenvalue weighted by Crippen LogP contribution is -2.56. The van der Waals surface area contributed by atoms with Crippen molar-refractivity contribution in [3.63, 3.8) is 0 Å². The maximum absolute atomic E-state index is 12.4. The van der Waals surface area contributed by atoms with Gasteiger partial charge in [-0.05, 0) is 18.9 Å². The van der Waals surface area contributed by atoms with Crippen LogP contribution in [0.15, 0.2) is 0 Å². The molecule has 0 unspecified atom stereocenters. The summed E-state index contributed by atoms with van der Waals surface area (Å²) in [5, 5.41) is 12.0. The molecule has 0 aromatic heterocycles. The fourth-order valence-electron chi connectivity index (χ4n) is 2.13. The van der Waals surface area contributed by atoms with Crippen LogP contribution in [0.2, 0.25) is 0 Å². The van der Waals surface area contributed by atoms with Gasteiger partial charge < -0.3 is 15.3 Å². The number of nitrogens with zero attached hydrogens (tertiary/aromatic N) is 2. The van der Waals surface area contributed by atoms with Crippen molar-refractivity contribution in [1.82, 2.24) is 15.1 Å². The van der Waals surface area contributed by atoms with Gasteiger partial charge in [0.05, 0.1) is 12.8 Å². The average molecular weight is 287 g/mol. The van der Waals surface area contributed by atoms with Crippen molar-refractivity contribution in [2.45, 2.75) is 39.8 Å². The molecule has 0 aliphatic rings. The number of carbonyl (C=O) groups excluding carboxylic acids is 2. The molecular weight excluding hydrogens is 258 g/mol. The van der Waals surface area contributed by atoms with Crippen LogP contribution in [0.1, 0.15) is 27.7 Å². The number of likely N-dealkylation sites (N-methyl/N-ethyl adjacent to an activating group) is 2. The first-order valence-electron chi connectivity index (χ1n) is 6.96. The maximum atomic E-state index is 12.4. The molecule has 0 bridgehead atoms. The third-order valence-corrected chi connectivity index (χ3v) is 3.27. The van der Waals surface area contributed by atoms with Gasteiger partial charge in [0, 0.05) is 14.1 Å². The third-order valence-electron chi connectivity index (χ3n) is 3.27. The quantitative estimate of drug-likeness (QED) is 0.653. The molecule has 2 atom stereocenters. The zero-order chi connectivity index (χ0) is 16.0. The van der Waals surface area contributed by atoms with Gasteiger partial charge in [0.15, 0.2) is 0 Å². The van der Waals surface area contributed by atoms with E-state index in [1.807, 2.05) is 27.7 Å². The van der Waals surface area contributed by atoms with Gasteiger partial charge in [-0.25, -0.2) is 0 Å². The Labute approximate surface area is 122 Å². The number of aliphatic hydroxyl groups excluding tert-OH is 1. The molecule has 0 aromatic carbocycles. The Morgan fingerprint density at radius 1 is 1.05 bits per heavy atom. The molecule has 2 N–H and O–H groups in total. The van der Waals surface area contributed by atoms with Gasteiger partial charge in [-0.2, -0.15) is 0 Å². The molecule has 0 rings (SSSR count). The van der Waals surface area contributed by atoms with E-state index in [9.17, 15) is 14.7 Å². The van der Waals surface area contributed by atoms with Gasteiger partial charge in [0.25, 0.3) is 0 Å². The van der Waals surface area contributed by atoms with Crippen LogP contribution in [0.4, 0.5) is 0 Å². The van der Waals surface area contributed by atoms with Gasteiger partial charge in [-0.15, -0.1) is 0 Å². The molecule has 20 heavy (non-hydrogen) atoms. The van der Waals surface area contributed by atoms with E-state index in [2.05, 4.69) is 5.32 Å². The van der Waals surface area contributed by atoms with Crippen LogP contribution in [0.25, 0.3) is 0 Å². The summed E-state index contributed by atoms with van der Waals surface area (Å²) in [6, 6.07) is -1.01. The summed E-state index contributed by atoms with van der Waals surface area (Å²) < 4.78 is 0. The van der Waals surface area contributed by atoms with E-state index in [-0.39, 0.29) is 30.4 Å². The molecule has 0 saturated carbocycles. The lowest BCUT2D eigenvalue weighted by molar-refractivity contribution is -0.138. The Morgan fingerprint density at radius 3 is 1.85 bits per heavy atom. The van der Waals surface area contributed by atoms with Crippen molar-refractivity contribution in [1.29, 1.82) is 0 Å². The van der Waals surface area contributed by atoms with Gasteiger partial charge in [-0.1, -0.05) is 27.7 Å². The lowest BCUT2D eigenvalue weighted by Gasteiger charge is -2.31. The van der Waals surface area contributed by atoms with Crippen molar-refractivity contribution in [3.05, 3.63) is 0 Å². The summed E-state index contributed by atoms with van der Waals surface area (Å²) in [4.78, 5) is 27.5. The normalized spacial score (nSPS) is 14.6. The van der Waals surface area contributed by atoms with Crippen LogP contribution in [0, 0.1) is 11.8 Å². The van der Waals surface area contributed by atoms with Crippen molar-refractivity contribution in [2.75, 3.05) is 27.9 Å². The minimum absolute atomic E-state index is 0.00101. The molecule has 118 valence electrons. The fraction of sp³-hybridized carbons (Fsp3) is 0.857. The summed E-state index contributed by atoms with van der Waals surface area (Å²) in [6.07, 6.45) is 0. The number of carbonyl (C=O) groups is 2. The highest BCUT2D eigenvalue weighted by atomic mass is 16.3. The number of rotatable bonds is 7. The van der Waals surface area contributed by atoms with E-state index in [1.165, 1.54) is 4.90 Å². The monoisotopic (exact) mass is 287 g/mol. The number of hydrogen-bond acceptors (Lipinski definition) is 4. The van der Waals surface area contributed by atoms with Crippen molar-refractivity contribution >= 4 is 11.8 Å². The first-order chi connectivity index (χ1) is 9.13. The summed E-state index contributed by atoms with van der Waals surface area (Å²) in [6.45, 7) is 7.41. The molecule has 0 fully saturated rings. The summed E-state index contributed by atoms with van der Waals surface area (Å²) >= 11 is 0. The molecule has 0 saturated heterocycles. The minimum atomic E-state index is -0.550. The summed E-state index contributed by atoms with van der Waals surface area (Å²) in [5.41, 5.74) is 0. The average Bonchev–Trinajstić information content (AvgIpc) is 2.33. The first-order valence-corrected chi connectivity index (χ1v) is 6.96. The van der Waals surface area contributed by atoms with Gasteiger partial charge in [0.2, 0.25) is 11.8 Å². The van der Waals surface area contributed by atoms with E-state index in [0.29, 0.717) is 0 Å². The first kappa shape index (κ1) is 18.9. The van der Waals surface area contributed by atoms with E-state index in [4.69, 9.17) is 0 Å². The Kier molecular flexibility index (Phi) is 7.75. The highest BCUT2D eigenvalue weighted by Crippen LogP contribution is 2.11. The third kappa shape index (κ3) is 5.09. The number of amides is 2. The summed E-state index contributed by atoms with van der Waals surface area (Å²) in [7, 11) is 5.02. The predicted molar refractivity (Wildman–Crippen MR) is 78.9 cm³/mol. The van der Waals surface area contributed by atoms with Crippen LogP contribution in [-0.2, 0) is 9.59 Å². The zero-order valence-corrected chi connectivity index (χ0v) is 13.7. The Hall–Kier alpha value is -1.14. The SMILES string of the molecule is CC(C)[C@H](NC(=O)[C@H](C(C)C)N(C)CO)C(=O)N(C)C. The van der Waals surface area contributed by atoms with Gasteiger partial charge >= 0.3 is 0 Å². The molecule has 0 spiro atoms. The number of hydrogen-bond donors (Lipinski definition) is 2. The van der Waals surface area contributed by atoms with E-state index in [0.717, 1.165) is 0 Å². The number of nitrogens with one attached hydrogen (secondary N) is 1. The molecule has 6 nitrogen and oxygen atoms in total. The molecular formula is C14H29N3O3. The Morgan fingerprint density at radius 2 is 1.55 bits per heavy atom. The van der Waals surface area contributed by atoms with Crippen molar-refractivity contribution in [2.24, 2.45) is 11.8 Å². The van der Waals surface area contributed by atoms with Gasteiger partial charge in [-0.3, -0.25) is 14.5 Å². The van der Waals surface area contributed by atoms with Crippen LogP contribution in [0.5, 0.6) is 0 Å². The zero-order valence-electron chi connectivity index (χ0n) is 13.7. The van der Waals surface area contributed by atoms with Crippen molar-refractivity contribution < 1.29 is 14.7 Å². The smallest absolute Gasteiger partial charge is 0.244 e. The van der Waals surface area contributed by atoms with Crippen LogP contribution >= 0.6 is 0 Å². The predicted octanol–water partition coefficient (Wildman–Crippen LogP) is 0.122. The Bertz CT molecular complexity index is 330. The largest absolute Gasteiger partial charge is 0.381 e. The van der Waals surface area contributed by atoms with Crippen molar-refractivity contribution in [3.8, 4) is 0 Å². The lowest BCUT2D eigenvalue weighted by atomic mass is 9.99. The van der Waals surface area contributed by atoms with E-state index >= 15 is 0 Å². The molecule has 0 aliphatic carbocycles. The van der Waals surface area contributed by atoms with Crippen LogP contribution < -0.4 is 5.32 Å². The van der Waals surface area contributed by atoms with E-state index < -0.39 is 12.1 Å². The summed E-state index contributed by atoms with van der Waals surface area (Å²) in [5.74, 6) is -0.316. The second-order valence-electron chi connectivity index (χ2n) is 6.05. The maximum Gasteiger partial charge on any atom is 0.244 e. The van der Waals surface area contributed by atoms with Crippen LogP contribution in [-0.4, -0.2) is 66.7 Å². The molecule has 0 aliphatic heterocycles. The molecule has 6 heteroatoms. The highest BCUT2D eigenvalue weighted by molar-refractivity contribution is 5.89. The topological polar surface area (TPSA) is 72.9 Å². The molecule has 0 aromatic rings. The molecule has 2 amide bonds. The molecule has 0 heterocycles. The number of aliphatic hydroxyl groups is 1. The van der Waals surface area contributed by atoms with E-state index in [1.54, 1.807) is 26.0 Å².